The lowest BCUT2D eigenvalue weighted by Crippen LogP contribution is -2.57. The second-order valence-electron chi connectivity index (χ2n) is 11.5. The molecule has 1 aliphatic heterocycles. The van der Waals surface area contributed by atoms with Crippen LogP contribution in [0.3, 0.4) is 0 Å². The Labute approximate surface area is 233 Å². The largest absolute Gasteiger partial charge is 0.394 e. The summed E-state index contributed by atoms with van der Waals surface area (Å²) in [6.07, 6.45) is -1.59. The van der Waals surface area contributed by atoms with Gasteiger partial charge in [-0.25, -0.2) is 17.9 Å². The van der Waals surface area contributed by atoms with Crippen LogP contribution in [-0.2, 0) is 4.74 Å². The second kappa shape index (κ2) is 10.7. The molecule has 2 heterocycles. The van der Waals surface area contributed by atoms with Gasteiger partial charge in [-0.05, 0) is 48.4 Å². The summed E-state index contributed by atoms with van der Waals surface area (Å²) in [5, 5.41) is 51.5. The molecule has 40 heavy (non-hydrogen) atoms. The summed E-state index contributed by atoms with van der Waals surface area (Å²) in [7, 11) is 0. The average molecular weight is 580 g/mol. The van der Waals surface area contributed by atoms with Crippen LogP contribution in [0.5, 0.6) is 0 Å². The monoisotopic (exact) mass is 579 g/mol. The van der Waals surface area contributed by atoms with E-state index in [-0.39, 0.29) is 16.7 Å². The maximum absolute atomic E-state index is 13.8. The number of aliphatic hydroxyl groups excluding tert-OH is 3. The van der Waals surface area contributed by atoms with Crippen LogP contribution in [0.1, 0.15) is 49.1 Å². The Morgan fingerprint density at radius 2 is 1.75 bits per heavy atom. The zero-order chi connectivity index (χ0) is 29.0. The molecule has 0 bridgehead atoms. The first kappa shape index (κ1) is 29.0. The van der Waals surface area contributed by atoms with Crippen molar-refractivity contribution in [2.24, 2.45) is 5.41 Å². The summed E-state index contributed by atoms with van der Waals surface area (Å²) < 4.78 is 48.2. The molecule has 5 rings (SSSR count). The summed E-state index contributed by atoms with van der Waals surface area (Å²) in [5.41, 5.74) is -0.413. The highest BCUT2D eigenvalue weighted by Gasteiger charge is 2.56. The van der Waals surface area contributed by atoms with Gasteiger partial charge in [-0.2, -0.15) is 0 Å². The predicted molar refractivity (Wildman–Crippen MR) is 142 cm³/mol. The van der Waals surface area contributed by atoms with Crippen LogP contribution in [-0.4, -0.2) is 71.4 Å². The average Bonchev–Trinajstić information content (AvgIpc) is 3.36. The summed E-state index contributed by atoms with van der Waals surface area (Å²) in [5.74, 6) is -4.41. The molecule has 0 spiro atoms. The van der Waals surface area contributed by atoms with E-state index in [1.165, 1.54) is 18.0 Å². The lowest BCUT2D eigenvalue weighted by molar-refractivity contribution is -0.179. The molecule has 1 aromatic heterocycles. The minimum Gasteiger partial charge on any atom is -0.394 e. The Kier molecular flexibility index (Phi) is 7.79. The van der Waals surface area contributed by atoms with Crippen LogP contribution < -0.4 is 0 Å². The minimum atomic E-state index is -1.61. The van der Waals surface area contributed by atoms with Gasteiger partial charge in [0.2, 0.25) is 0 Å². The number of rotatable bonds is 7. The maximum Gasteiger partial charge on any atom is 0.194 e. The van der Waals surface area contributed by atoms with E-state index < -0.39 is 64.7 Å². The van der Waals surface area contributed by atoms with Crippen molar-refractivity contribution in [1.82, 2.24) is 15.0 Å². The van der Waals surface area contributed by atoms with Gasteiger partial charge in [-0.1, -0.05) is 43.3 Å². The molecule has 1 aliphatic carbocycles. The molecule has 2 fully saturated rings. The first-order chi connectivity index (χ1) is 18.8. The molecular weight excluding hydrogens is 547 g/mol. The van der Waals surface area contributed by atoms with Crippen LogP contribution >= 0.6 is 11.8 Å². The van der Waals surface area contributed by atoms with Crippen molar-refractivity contribution in [3.63, 3.8) is 0 Å². The summed E-state index contributed by atoms with van der Waals surface area (Å²) in [4.78, 5) is 0. The fourth-order valence-electron chi connectivity index (χ4n) is 6.05. The van der Waals surface area contributed by atoms with Crippen molar-refractivity contribution in [3.8, 4) is 11.3 Å². The van der Waals surface area contributed by atoms with E-state index in [0.29, 0.717) is 12.8 Å². The Hall–Kier alpha value is -2.48. The van der Waals surface area contributed by atoms with Crippen molar-refractivity contribution in [2.45, 2.75) is 74.3 Å². The molecule has 12 heteroatoms. The maximum atomic E-state index is 13.8. The van der Waals surface area contributed by atoms with Gasteiger partial charge in [-0.3, -0.25) is 0 Å². The zero-order valence-corrected chi connectivity index (χ0v) is 23.0. The molecule has 3 aromatic rings. The zero-order valence-electron chi connectivity index (χ0n) is 22.2. The summed E-state index contributed by atoms with van der Waals surface area (Å²) in [6.45, 7) is 5.52. The first-order valence-corrected chi connectivity index (χ1v) is 13.9. The van der Waals surface area contributed by atoms with Gasteiger partial charge in [0, 0.05) is 5.56 Å². The van der Waals surface area contributed by atoms with Crippen LogP contribution in [0.2, 0.25) is 0 Å². The second-order valence-corrected chi connectivity index (χ2v) is 12.7. The van der Waals surface area contributed by atoms with Gasteiger partial charge >= 0.3 is 0 Å². The lowest BCUT2D eigenvalue weighted by atomic mass is 9.59. The molecule has 0 amide bonds. The van der Waals surface area contributed by atoms with E-state index in [4.69, 9.17) is 4.74 Å². The fraction of sp³-hybridized carbons (Fsp3) is 0.500. The SMILES string of the molecule is Cc1ccccc1[C@@H](S[C@@H]1O[C@H](CO)[C@H](O)[C@H](n2cc(-c3cc(F)c(F)c(F)c3)nn2)[C@H]1O)C1(O)CC(C)(C)C1. The third-order valence-corrected chi connectivity index (χ3v) is 9.37. The van der Waals surface area contributed by atoms with E-state index in [0.717, 1.165) is 27.9 Å². The highest BCUT2D eigenvalue weighted by molar-refractivity contribution is 8.00. The molecular formula is C28H32F3N3O5S. The van der Waals surface area contributed by atoms with Crippen LogP contribution in [0.15, 0.2) is 42.6 Å². The van der Waals surface area contributed by atoms with Crippen molar-refractivity contribution in [3.05, 3.63) is 71.2 Å². The van der Waals surface area contributed by atoms with Crippen LogP contribution in [0.25, 0.3) is 11.3 Å². The number of hydrogen-bond donors (Lipinski definition) is 4. The van der Waals surface area contributed by atoms with Crippen LogP contribution in [0.4, 0.5) is 13.2 Å². The highest BCUT2D eigenvalue weighted by atomic mass is 32.2. The lowest BCUT2D eigenvalue weighted by Gasteiger charge is -2.54. The fourth-order valence-corrected chi connectivity index (χ4v) is 7.67. The van der Waals surface area contributed by atoms with Crippen molar-refractivity contribution >= 4 is 11.8 Å². The molecule has 2 aromatic carbocycles. The van der Waals surface area contributed by atoms with Crippen molar-refractivity contribution in [2.75, 3.05) is 6.61 Å². The number of aliphatic hydroxyl groups is 4. The van der Waals surface area contributed by atoms with E-state index in [1.807, 2.05) is 31.2 Å². The number of nitrogens with zero attached hydrogens (tertiary/aromatic N) is 3. The van der Waals surface area contributed by atoms with Crippen molar-refractivity contribution < 1.29 is 38.3 Å². The van der Waals surface area contributed by atoms with Crippen LogP contribution in [0, 0.1) is 29.8 Å². The van der Waals surface area contributed by atoms with Gasteiger partial charge in [0.1, 0.15) is 35.5 Å². The Morgan fingerprint density at radius 3 is 2.35 bits per heavy atom. The predicted octanol–water partition coefficient (Wildman–Crippen LogP) is 3.68. The number of halogens is 3. The summed E-state index contributed by atoms with van der Waals surface area (Å²) >= 11 is 1.21. The van der Waals surface area contributed by atoms with E-state index >= 15 is 0 Å². The molecule has 1 saturated heterocycles. The van der Waals surface area contributed by atoms with Gasteiger partial charge in [-0.15, -0.1) is 16.9 Å². The number of ether oxygens (including phenoxy) is 1. The Balaban J connectivity index is 1.47. The molecule has 216 valence electrons. The van der Waals surface area contributed by atoms with Gasteiger partial charge in [0.15, 0.2) is 17.5 Å². The normalized spacial score (nSPS) is 28.2. The van der Waals surface area contributed by atoms with Crippen molar-refractivity contribution in [1.29, 1.82) is 0 Å². The quantitative estimate of drug-likeness (QED) is 0.313. The molecule has 1 saturated carbocycles. The Morgan fingerprint density at radius 1 is 1.10 bits per heavy atom. The standard InChI is InChI=1S/C28H32F3N3O5S/c1-14-6-4-5-7-16(14)25(28(38)12-27(2,3)13-28)40-26-24(37)22(23(36)20(11-35)39-26)34-10-19(32-33-34)15-8-17(29)21(31)18(30)9-15/h4-10,20,22-26,35-38H,11-13H2,1-3H3/t20-,22+,23+,24-,25-,26+/m1/s1. The summed E-state index contributed by atoms with van der Waals surface area (Å²) in [6, 6.07) is 8.02. The number of benzene rings is 2. The van der Waals surface area contributed by atoms with E-state index in [9.17, 15) is 33.6 Å². The first-order valence-electron chi connectivity index (χ1n) is 13.0. The molecule has 6 atom stereocenters. The third kappa shape index (κ3) is 5.28. The van der Waals surface area contributed by atoms with Gasteiger partial charge in [0.05, 0.1) is 23.7 Å². The minimum absolute atomic E-state index is 0.0164. The third-order valence-electron chi connectivity index (χ3n) is 7.74. The molecule has 4 N–H and O–H groups in total. The molecule has 2 aliphatic rings. The van der Waals surface area contributed by atoms with E-state index in [1.54, 1.807) is 0 Å². The molecule has 0 unspecified atom stereocenters. The Bertz CT molecular complexity index is 1360. The molecule has 0 radical (unpaired) electrons. The van der Waals surface area contributed by atoms with E-state index in [2.05, 4.69) is 24.2 Å². The smallest absolute Gasteiger partial charge is 0.194 e. The number of aryl methyl sites for hydroxylation is 1. The number of thioether (sulfide) groups is 1. The van der Waals surface area contributed by atoms with Gasteiger partial charge in [0.25, 0.3) is 0 Å². The number of aromatic nitrogens is 3. The highest BCUT2D eigenvalue weighted by Crippen LogP contribution is 2.59. The molecule has 8 nitrogen and oxygen atoms in total. The number of hydrogen-bond acceptors (Lipinski definition) is 8. The van der Waals surface area contributed by atoms with Gasteiger partial charge < -0.3 is 25.2 Å². The topological polar surface area (TPSA) is 121 Å².